The topological polar surface area (TPSA) is 45.5 Å². The van der Waals surface area contributed by atoms with Crippen molar-refractivity contribution in [2.24, 2.45) is 0 Å². The van der Waals surface area contributed by atoms with Gasteiger partial charge in [-0.05, 0) is 13.0 Å². The highest BCUT2D eigenvalue weighted by atomic mass is 15.3. The molecule has 0 fully saturated rings. The van der Waals surface area contributed by atoms with Gasteiger partial charge in [0.25, 0.3) is 0 Å². The van der Waals surface area contributed by atoms with Crippen LogP contribution >= 0.6 is 0 Å². The van der Waals surface area contributed by atoms with E-state index in [1.54, 1.807) is 6.20 Å². The largest absolute Gasteiger partial charge is 0.357 e. The summed E-state index contributed by atoms with van der Waals surface area (Å²) in [6, 6.07) is 2.58. The molecule has 0 aliphatic rings. The van der Waals surface area contributed by atoms with Crippen LogP contribution in [0.25, 0.3) is 5.52 Å². The Morgan fingerprint density at radius 1 is 1.44 bits per heavy atom. The number of nitrogens with zero attached hydrogens (tertiary/aromatic N) is 4. The van der Waals surface area contributed by atoms with Crippen molar-refractivity contribution in [1.82, 2.24) is 19.9 Å². The first-order valence-corrected chi connectivity index (χ1v) is 6.33. The van der Waals surface area contributed by atoms with Gasteiger partial charge in [0.1, 0.15) is 5.52 Å². The zero-order chi connectivity index (χ0) is 13.1. The summed E-state index contributed by atoms with van der Waals surface area (Å²) >= 11 is 0. The molecule has 0 unspecified atom stereocenters. The zero-order valence-electron chi connectivity index (χ0n) is 11.5. The fourth-order valence-electron chi connectivity index (χ4n) is 1.95. The smallest absolute Gasteiger partial charge is 0.154 e. The van der Waals surface area contributed by atoms with Crippen LogP contribution in [0.4, 0.5) is 5.82 Å². The van der Waals surface area contributed by atoms with Crippen molar-refractivity contribution >= 4 is 11.3 Å². The van der Waals surface area contributed by atoms with Crippen LogP contribution < -0.4 is 10.2 Å². The van der Waals surface area contributed by atoms with E-state index in [4.69, 9.17) is 0 Å². The molecule has 2 rings (SSSR count). The molecule has 1 N–H and O–H groups in total. The van der Waals surface area contributed by atoms with Gasteiger partial charge in [-0.2, -0.15) is 5.10 Å². The Morgan fingerprint density at radius 2 is 2.22 bits per heavy atom. The molecular formula is C13H21N5. The molecule has 5 nitrogen and oxygen atoms in total. The zero-order valence-corrected chi connectivity index (χ0v) is 11.5. The van der Waals surface area contributed by atoms with Gasteiger partial charge in [-0.25, -0.2) is 9.50 Å². The van der Waals surface area contributed by atoms with Crippen molar-refractivity contribution in [2.45, 2.75) is 26.8 Å². The van der Waals surface area contributed by atoms with Crippen molar-refractivity contribution in [3.8, 4) is 0 Å². The number of aromatic nitrogens is 3. The van der Waals surface area contributed by atoms with Crippen LogP contribution in [0.2, 0.25) is 0 Å². The van der Waals surface area contributed by atoms with Crippen LogP contribution in [0.5, 0.6) is 0 Å². The Kier molecular flexibility index (Phi) is 3.81. The third-order valence-electron chi connectivity index (χ3n) is 2.85. The maximum atomic E-state index is 4.46. The number of nitrogens with one attached hydrogen (secondary N) is 1. The summed E-state index contributed by atoms with van der Waals surface area (Å²) in [6.45, 7) is 8.18. The first kappa shape index (κ1) is 12.8. The van der Waals surface area contributed by atoms with Crippen molar-refractivity contribution in [1.29, 1.82) is 0 Å². The molecule has 0 aliphatic carbocycles. The molecule has 2 heterocycles. The highest BCUT2D eigenvalue weighted by Gasteiger charge is 2.09. The lowest BCUT2D eigenvalue weighted by atomic mass is 10.3. The normalized spacial score (nSPS) is 11.4. The van der Waals surface area contributed by atoms with Gasteiger partial charge in [0, 0.05) is 38.6 Å². The van der Waals surface area contributed by atoms with E-state index in [1.165, 1.54) is 0 Å². The molecule has 0 aliphatic heterocycles. The summed E-state index contributed by atoms with van der Waals surface area (Å²) in [7, 11) is 2.06. The molecule has 98 valence electrons. The predicted octanol–water partition coefficient (Wildman–Crippen LogP) is 1.47. The second-order valence-corrected chi connectivity index (χ2v) is 4.90. The maximum absolute atomic E-state index is 4.46. The maximum Gasteiger partial charge on any atom is 0.154 e. The van der Waals surface area contributed by atoms with E-state index in [2.05, 4.69) is 47.3 Å². The van der Waals surface area contributed by atoms with Crippen LogP contribution in [0.15, 0.2) is 18.5 Å². The average Bonchev–Trinajstić information content (AvgIpc) is 2.67. The number of hydrogen-bond acceptors (Lipinski definition) is 4. The van der Waals surface area contributed by atoms with Gasteiger partial charge in [-0.3, -0.25) is 0 Å². The lowest BCUT2D eigenvalue weighted by molar-refractivity contribution is 0.588. The summed E-state index contributed by atoms with van der Waals surface area (Å²) < 4.78 is 1.88. The van der Waals surface area contributed by atoms with Gasteiger partial charge < -0.3 is 10.2 Å². The number of hydrogen-bond donors (Lipinski definition) is 1. The molecule has 0 bridgehead atoms. The van der Waals surface area contributed by atoms with E-state index >= 15 is 0 Å². The number of likely N-dealkylation sites (N-methyl/N-ethyl adjacent to an activating group) is 1. The third kappa shape index (κ3) is 2.79. The number of fused-ring (bicyclic) bond motifs is 1. The van der Waals surface area contributed by atoms with E-state index in [0.29, 0.717) is 6.04 Å². The lowest BCUT2D eigenvalue weighted by Gasteiger charge is -2.19. The Hall–Kier alpha value is -1.62. The van der Waals surface area contributed by atoms with Crippen LogP contribution in [0.1, 0.15) is 19.5 Å². The number of rotatable bonds is 5. The van der Waals surface area contributed by atoms with Crippen molar-refractivity contribution < 1.29 is 0 Å². The van der Waals surface area contributed by atoms with E-state index < -0.39 is 0 Å². The molecule has 0 saturated heterocycles. The highest BCUT2D eigenvalue weighted by molar-refractivity contribution is 5.68. The van der Waals surface area contributed by atoms with Gasteiger partial charge in [0.05, 0.1) is 5.69 Å². The van der Waals surface area contributed by atoms with Crippen LogP contribution in [-0.4, -0.2) is 40.8 Å². The molecule has 5 heteroatoms. The summed E-state index contributed by atoms with van der Waals surface area (Å²) in [5.74, 6) is 0.976. The summed E-state index contributed by atoms with van der Waals surface area (Å²) in [4.78, 5) is 6.61. The van der Waals surface area contributed by atoms with E-state index in [0.717, 1.165) is 30.1 Å². The average molecular weight is 247 g/mol. The summed E-state index contributed by atoms with van der Waals surface area (Å²) in [5, 5.41) is 7.81. The molecule has 0 atom stereocenters. The molecule has 0 spiro atoms. The molecule has 0 radical (unpaired) electrons. The Labute approximate surface area is 108 Å². The van der Waals surface area contributed by atoms with E-state index in [1.807, 2.05) is 17.6 Å². The molecular weight excluding hydrogens is 226 g/mol. The van der Waals surface area contributed by atoms with Crippen molar-refractivity contribution in [2.75, 3.05) is 25.0 Å². The van der Waals surface area contributed by atoms with Gasteiger partial charge >= 0.3 is 0 Å². The quantitative estimate of drug-likeness (QED) is 0.869. The van der Waals surface area contributed by atoms with Gasteiger partial charge in [-0.15, -0.1) is 0 Å². The third-order valence-corrected chi connectivity index (χ3v) is 2.85. The standard InChI is InChI=1S/C13H21N5/c1-10(2)14-5-7-17(4)13-12-9-11(3)16-18(12)8-6-15-13/h6,8-10,14H,5,7H2,1-4H3. The van der Waals surface area contributed by atoms with Gasteiger partial charge in [-0.1, -0.05) is 13.8 Å². The molecule has 2 aromatic rings. The first-order valence-electron chi connectivity index (χ1n) is 6.33. The van der Waals surface area contributed by atoms with Crippen molar-refractivity contribution in [3.05, 3.63) is 24.2 Å². The molecule has 0 aromatic carbocycles. The second kappa shape index (κ2) is 5.35. The fraction of sp³-hybridized carbons (Fsp3) is 0.538. The minimum atomic E-state index is 0.513. The van der Waals surface area contributed by atoms with Gasteiger partial charge in [0.2, 0.25) is 0 Å². The second-order valence-electron chi connectivity index (χ2n) is 4.90. The first-order chi connectivity index (χ1) is 8.58. The van der Waals surface area contributed by atoms with E-state index in [9.17, 15) is 0 Å². The van der Waals surface area contributed by atoms with Gasteiger partial charge in [0.15, 0.2) is 5.82 Å². The minimum absolute atomic E-state index is 0.513. The Balaban J connectivity index is 2.14. The van der Waals surface area contributed by atoms with Crippen LogP contribution in [-0.2, 0) is 0 Å². The van der Waals surface area contributed by atoms with Crippen LogP contribution in [0, 0.1) is 6.92 Å². The van der Waals surface area contributed by atoms with Crippen LogP contribution in [0.3, 0.4) is 0 Å². The molecule has 0 amide bonds. The van der Waals surface area contributed by atoms with Crippen molar-refractivity contribution in [3.63, 3.8) is 0 Å². The SMILES string of the molecule is Cc1cc2c(N(C)CCNC(C)C)nccn2n1. The Bertz CT molecular complexity index is 517. The van der Waals surface area contributed by atoms with E-state index in [-0.39, 0.29) is 0 Å². The Morgan fingerprint density at radius 3 is 2.94 bits per heavy atom. The minimum Gasteiger partial charge on any atom is -0.357 e. The number of aryl methyl sites for hydroxylation is 1. The number of anilines is 1. The lowest BCUT2D eigenvalue weighted by Crippen LogP contribution is -2.33. The summed E-state index contributed by atoms with van der Waals surface area (Å²) in [6.07, 6.45) is 3.67. The molecule has 2 aromatic heterocycles. The molecule has 0 saturated carbocycles. The summed E-state index contributed by atoms with van der Waals surface area (Å²) in [5.41, 5.74) is 2.07. The molecule has 18 heavy (non-hydrogen) atoms. The fourth-order valence-corrected chi connectivity index (χ4v) is 1.95. The highest BCUT2D eigenvalue weighted by Crippen LogP contribution is 2.17. The predicted molar refractivity (Wildman–Crippen MR) is 74.1 cm³/mol. The monoisotopic (exact) mass is 247 g/mol.